The molecule has 30 heavy (non-hydrogen) atoms. The molecule has 0 radical (unpaired) electrons. The van der Waals surface area contributed by atoms with Crippen molar-refractivity contribution in [2.45, 2.75) is 39.5 Å². The van der Waals surface area contributed by atoms with Gasteiger partial charge in [0.05, 0.1) is 11.4 Å². The highest BCUT2D eigenvalue weighted by atomic mass is 32.1. The van der Waals surface area contributed by atoms with Crippen molar-refractivity contribution < 1.29 is 9.59 Å². The molecule has 7 heteroatoms. The van der Waals surface area contributed by atoms with E-state index < -0.39 is 0 Å². The summed E-state index contributed by atoms with van der Waals surface area (Å²) in [6, 6.07) is 11.8. The Labute approximate surface area is 182 Å². The summed E-state index contributed by atoms with van der Waals surface area (Å²) in [4.78, 5) is 20.6. The lowest BCUT2D eigenvalue weighted by Crippen LogP contribution is -2.25. The van der Waals surface area contributed by atoms with Gasteiger partial charge in [-0.2, -0.15) is 9.47 Å². The number of aromatic nitrogens is 3. The smallest absolute Gasteiger partial charge is 0.166 e. The summed E-state index contributed by atoms with van der Waals surface area (Å²) in [6.07, 6.45) is 6.42. The van der Waals surface area contributed by atoms with Crippen LogP contribution < -0.4 is 5.32 Å². The minimum Gasteiger partial charge on any atom is -0.379 e. The third-order valence-electron chi connectivity index (χ3n) is 5.30. The molecular formula is C23H30N4O2S. The highest BCUT2D eigenvalue weighted by molar-refractivity contribution is 7.10. The Kier molecular flexibility index (Phi) is 9.41. The molecule has 3 aromatic rings. The first-order valence-corrected chi connectivity index (χ1v) is 10.9. The van der Waals surface area contributed by atoms with Crippen LogP contribution in [0.25, 0.3) is 11.3 Å². The molecule has 0 amide bonds. The highest BCUT2D eigenvalue weighted by Crippen LogP contribution is 2.32. The maximum atomic E-state index is 12.6. The van der Waals surface area contributed by atoms with Crippen LogP contribution in [0.3, 0.4) is 0 Å². The maximum absolute atomic E-state index is 12.6. The molecule has 2 N–H and O–H groups in total. The van der Waals surface area contributed by atoms with Crippen LogP contribution in [-0.2, 0) is 4.79 Å². The van der Waals surface area contributed by atoms with Gasteiger partial charge in [-0.1, -0.05) is 50.5 Å². The third kappa shape index (κ3) is 6.35. The molecule has 0 aliphatic heterocycles. The standard InChI is InChI=1S/C17H20N2O.C5H8N2S.CH2O/c1-12-4-2-3-5-15(12)17(20)14-8-6-13(7-9-14)16-10-11-18-19-16;1-4-3-5(6-2)8-7-4;1-2/h6-12,15H,2-5H2,1H3,(H,18,19);3,6H,1-2H3;1H2. The van der Waals surface area contributed by atoms with Crippen molar-refractivity contribution in [2.75, 3.05) is 12.4 Å². The van der Waals surface area contributed by atoms with Crippen LogP contribution >= 0.6 is 11.5 Å². The highest BCUT2D eigenvalue weighted by Gasteiger charge is 2.28. The zero-order valence-corrected chi connectivity index (χ0v) is 18.7. The van der Waals surface area contributed by atoms with Gasteiger partial charge in [0.15, 0.2) is 5.78 Å². The summed E-state index contributed by atoms with van der Waals surface area (Å²) in [6.45, 7) is 6.19. The van der Waals surface area contributed by atoms with Crippen LogP contribution in [-0.4, -0.2) is 34.2 Å². The van der Waals surface area contributed by atoms with Crippen LogP contribution in [0.4, 0.5) is 5.00 Å². The first-order valence-electron chi connectivity index (χ1n) is 10.1. The zero-order valence-electron chi connectivity index (χ0n) is 17.9. The van der Waals surface area contributed by atoms with Gasteiger partial charge in [-0.05, 0) is 48.5 Å². The summed E-state index contributed by atoms with van der Waals surface area (Å²) in [7, 11) is 1.90. The fraction of sp³-hybridized carbons (Fsp3) is 0.391. The van der Waals surface area contributed by atoms with Crippen LogP contribution in [0, 0.1) is 18.8 Å². The number of H-pyrrole nitrogens is 1. The van der Waals surface area contributed by atoms with E-state index in [0.29, 0.717) is 11.7 Å². The number of nitrogens with zero attached hydrogens (tertiary/aromatic N) is 2. The number of anilines is 1. The molecule has 0 bridgehead atoms. The largest absolute Gasteiger partial charge is 0.379 e. The van der Waals surface area contributed by atoms with Crippen LogP contribution in [0.1, 0.15) is 48.7 Å². The minimum absolute atomic E-state index is 0.210. The molecule has 0 spiro atoms. The van der Waals surface area contributed by atoms with Crippen molar-refractivity contribution >= 4 is 29.1 Å². The number of nitrogens with one attached hydrogen (secondary N) is 2. The second kappa shape index (κ2) is 12.0. The number of carbonyl (C=O) groups excluding carboxylic acids is 2. The molecule has 2 heterocycles. The molecule has 2 aromatic heterocycles. The predicted molar refractivity (Wildman–Crippen MR) is 123 cm³/mol. The van der Waals surface area contributed by atoms with Gasteiger partial charge in [-0.3, -0.25) is 9.89 Å². The van der Waals surface area contributed by atoms with Crippen molar-refractivity contribution in [3.8, 4) is 11.3 Å². The number of rotatable bonds is 4. The molecule has 1 aliphatic carbocycles. The van der Waals surface area contributed by atoms with Crippen LogP contribution in [0.5, 0.6) is 0 Å². The van der Waals surface area contributed by atoms with E-state index in [9.17, 15) is 4.79 Å². The first-order chi connectivity index (χ1) is 14.6. The molecule has 160 valence electrons. The van der Waals surface area contributed by atoms with Crippen molar-refractivity contribution in [1.82, 2.24) is 14.6 Å². The fourth-order valence-corrected chi connectivity index (χ4v) is 4.24. The molecule has 2 unspecified atom stereocenters. The van der Waals surface area contributed by atoms with E-state index in [-0.39, 0.29) is 5.92 Å². The number of carbonyl (C=O) groups is 2. The monoisotopic (exact) mass is 426 g/mol. The van der Waals surface area contributed by atoms with E-state index in [4.69, 9.17) is 4.79 Å². The Morgan fingerprint density at radius 3 is 2.37 bits per heavy atom. The van der Waals surface area contributed by atoms with Gasteiger partial charge in [0.2, 0.25) is 0 Å². The van der Waals surface area contributed by atoms with Crippen molar-refractivity contribution in [3.63, 3.8) is 0 Å². The number of hydrogen-bond acceptors (Lipinski definition) is 6. The quantitative estimate of drug-likeness (QED) is 0.546. The van der Waals surface area contributed by atoms with Crippen LogP contribution in [0.2, 0.25) is 0 Å². The van der Waals surface area contributed by atoms with E-state index in [0.717, 1.165) is 33.9 Å². The Morgan fingerprint density at radius 1 is 1.17 bits per heavy atom. The molecule has 4 rings (SSSR count). The van der Waals surface area contributed by atoms with Crippen molar-refractivity contribution in [2.24, 2.45) is 11.8 Å². The molecule has 1 fully saturated rings. The molecular weight excluding hydrogens is 396 g/mol. The predicted octanol–water partition coefficient (Wildman–Crippen LogP) is 5.39. The number of benzene rings is 1. The summed E-state index contributed by atoms with van der Waals surface area (Å²) < 4.78 is 4.07. The molecule has 1 saturated carbocycles. The van der Waals surface area contributed by atoms with Gasteiger partial charge in [-0.15, -0.1) is 0 Å². The normalized spacial score (nSPS) is 17.7. The van der Waals surface area contributed by atoms with E-state index >= 15 is 0 Å². The Balaban J connectivity index is 0.000000269. The number of hydrogen-bond donors (Lipinski definition) is 2. The molecule has 6 nitrogen and oxygen atoms in total. The maximum Gasteiger partial charge on any atom is 0.166 e. The second-order valence-corrected chi connectivity index (χ2v) is 8.17. The Morgan fingerprint density at radius 2 is 1.87 bits per heavy atom. The average Bonchev–Trinajstić information content (AvgIpc) is 3.47. The van der Waals surface area contributed by atoms with E-state index in [1.807, 2.05) is 57.2 Å². The van der Waals surface area contributed by atoms with E-state index in [1.165, 1.54) is 30.8 Å². The van der Waals surface area contributed by atoms with Gasteiger partial charge in [0, 0.05) is 24.7 Å². The Bertz CT molecular complexity index is 890. The summed E-state index contributed by atoms with van der Waals surface area (Å²) in [5.41, 5.74) is 3.97. The fourth-order valence-electron chi connectivity index (χ4n) is 3.63. The number of aryl methyl sites for hydroxylation is 1. The van der Waals surface area contributed by atoms with E-state index in [2.05, 4.69) is 26.8 Å². The molecule has 1 aliphatic rings. The topological polar surface area (TPSA) is 87.7 Å². The average molecular weight is 427 g/mol. The van der Waals surface area contributed by atoms with Crippen LogP contribution in [0.15, 0.2) is 42.6 Å². The number of ketones is 1. The van der Waals surface area contributed by atoms with Gasteiger partial charge < -0.3 is 10.1 Å². The molecule has 0 saturated heterocycles. The van der Waals surface area contributed by atoms with Gasteiger partial charge >= 0.3 is 0 Å². The van der Waals surface area contributed by atoms with Crippen molar-refractivity contribution in [1.29, 1.82) is 0 Å². The number of Topliss-reactive ketones (excluding diaryl/α,β-unsaturated/α-hetero) is 1. The first kappa shape index (κ1) is 23.5. The van der Waals surface area contributed by atoms with Gasteiger partial charge in [0.1, 0.15) is 11.8 Å². The SMILES string of the molecule is C=O.CC1CCCCC1C(=O)c1ccc(-c2ccn[nH]2)cc1.CNc1cc(C)ns1. The van der Waals surface area contributed by atoms with Crippen molar-refractivity contribution in [3.05, 3.63) is 53.9 Å². The minimum atomic E-state index is 0.210. The summed E-state index contributed by atoms with van der Waals surface area (Å²) >= 11 is 1.49. The lowest BCUT2D eigenvalue weighted by molar-refractivity contribution is -0.0980. The lowest BCUT2D eigenvalue weighted by Gasteiger charge is -2.27. The zero-order chi connectivity index (χ0) is 21.9. The Hall–Kier alpha value is -2.80. The third-order valence-corrected chi connectivity index (χ3v) is 6.20. The second-order valence-electron chi connectivity index (χ2n) is 7.36. The lowest BCUT2D eigenvalue weighted by atomic mass is 9.76. The van der Waals surface area contributed by atoms with Gasteiger partial charge in [-0.25, -0.2) is 0 Å². The summed E-state index contributed by atoms with van der Waals surface area (Å²) in [5, 5.41) is 11.0. The summed E-state index contributed by atoms with van der Waals surface area (Å²) in [5.74, 6) is 1.04. The number of aromatic amines is 1. The van der Waals surface area contributed by atoms with E-state index in [1.54, 1.807) is 6.20 Å². The molecule has 2 atom stereocenters. The van der Waals surface area contributed by atoms with Gasteiger partial charge in [0.25, 0.3) is 0 Å². The molecule has 1 aromatic carbocycles.